The monoisotopic (exact) mass is 225 g/mol. The Bertz CT molecular complexity index is 629. The lowest BCUT2D eigenvalue weighted by molar-refractivity contribution is 1.02. The molecule has 3 nitrogen and oxygen atoms in total. The van der Waals surface area contributed by atoms with Gasteiger partial charge >= 0.3 is 0 Å². The Labute approximate surface area is 101 Å². The second-order valence-electron chi connectivity index (χ2n) is 4.56. The minimum atomic E-state index is 0.616. The fourth-order valence-corrected chi connectivity index (χ4v) is 2.40. The first-order chi connectivity index (χ1) is 8.16. The summed E-state index contributed by atoms with van der Waals surface area (Å²) in [6.07, 6.45) is 4.30. The van der Waals surface area contributed by atoms with Crippen molar-refractivity contribution in [1.29, 1.82) is 0 Å². The normalized spacial score (nSPS) is 14.1. The van der Waals surface area contributed by atoms with Crippen molar-refractivity contribution >= 4 is 28.5 Å². The average molecular weight is 225 g/mol. The van der Waals surface area contributed by atoms with Gasteiger partial charge in [-0.05, 0) is 18.6 Å². The Hall–Kier alpha value is -2.03. The molecule has 2 heterocycles. The van der Waals surface area contributed by atoms with E-state index in [2.05, 4.69) is 47.2 Å². The highest BCUT2D eigenvalue weighted by molar-refractivity contribution is 5.98. The molecule has 3 rings (SSSR count). The Morgan fingerprint density at radius 2 is 2.18 bits per heavy atom. The highest BCUT2D eigenvalue weighted by Crippen LogP contribution is 2.35. The number of nitrogens with zero attached hydrogens (tertiary/aromatic N) is 2. The molecule has 2 aromatic rings. The number of fused-ring (bicyclic) bond motifs is 3. The summed E-state index contributed by atoms with van der Waals surface area (Å²) in [7, 11) is 2.04. The molecular formula is C14H15N3. The average Bonchev–Trinajstić information content (AvgIpc) is 2.28. The van der Waals surface area contributed by atoms with Gasteiger partial charge in [-0.15, -0.1) is 0 Å². The zero-order chi connectivity index (χ0) is 12.0. The number of hydrogen-bond acceptors (Lipinski definition) is 3. The van der Waals surface area contributed by atoms with E-state index >= 15 is 0 Å². The summed E-state index contributed by atoms with van der Waals surface area (Å²) in [5.74, 6) is 0.616. The summed E-state index contributed by atoms with van der Waals surface area (Å²) in [6, 6.07) is 6.32. The van der Waals surface area contributed by atoms with E-state index in [0.29, 0.717) is 5.82 Å². The quantitative estimate of drug-likeness (QED) is 0.749. The largest absolute Gasteiger partial charge is 0.382 e. The van der Waals surface area contributed by atoms with Gasteiger partial charge in [0.05, 0.1) is 11.2 Å². The number of anilines is 2. The van der Waals surface area contributed by atoms with Gasteiger partial charge in [-0.3, -0.25) is 0 Å². The van der Waals surface area contributed by atoms with Gasteiger partial charge < -0.3 is 10.6 Å². The lowest BCUT2D eigenvalue weighted by Crippen LogP contribution is -2.22. The fourth-order valence-electron chi connectivity index (χ4n) is 2.40. The van der Waals surface area contributed by atoms with Gasteiger partial charge in [0.15, 0.2) is 0 Å². The van der Waals surface area contributed by atoms with E-state index in [-0.39, 0.29) is 0 Å². The zero-order valence-electron chi connectivity index (χ0n) is 10.1. The van der Waals surface area contributed by atoms with E-state index < -0.39 is 0 Å². The van der Waals surface area contributed by atoms with Crippen LogP contribution >= 0.6 is 0 Å². The summed E-state index contributed by atoms with van der Waals surface area (Å²) in [5.41, 5.74) is 10.5. The van der Waals surface area contributed by atoms with Crippen LogP contribution in [-0.4, -0.2) is 18.6 Å². The van der Waals surface area contributed by atoms with Crippen molar-refractivity contribution in [3.63, 3.8) is 0 Å². The second kappa shape index (κ2) is 3.48. The van der Waals surface area contributed by atoms with Crippen molar-refractivity contribution in [2.24, 2.45) is 0 Å². The second-order valence-corrected chi connectivity index (χ2v) is 4.56. The van der Waals surface area contributed by atoms with Crippen molar-refractivity contribution in [2.75, 3.05) is 24.2 Å². The van der Waals surface area contributed by atoms with Gasteiger partial charge in [0, 0.05) is 24.5 Å². The predicted octanol–water partition coefficient (Wildman–Crippen LogP) is 2.59. The number of rotatable bonds is 0. The third kappa shape index (κ3) is 1.46. The number of nitrogens with two attached hydrogens (primary N) is 1. The number of nitrogen functional groups attached to an aromatic ring is 1. The van der Waals surface area contributed by atoms with E-state index in [1.54, 1.807) is 0 Å². The van der Waals surface area contributed by atoms with Crippen molar-refractivity contribution in [1.82, 2.24) is 4.98 Å². The number of benzene rings is 1. The van der Waals surface area contributed by atoms with Crippen LogP contribution in [0, 0.1) is 6.92 Å². The molecule has 2 N–H and O–H groups in total. The number of aromatic nitrogens is 1. The lowest BCUT2D eigenvalue weighted by Gasteiger charge is -2.25. The Balaban J connectivity index is 2.43. The molecule has 0 fully saturated rings. The summed E-state index contributed by atoms with van der Waals surface area (Å²) < 4.78 is 0. The van der Waals surface area contributed by atoms with Crippen LogP contribution < -0.4 is 10.6 Å². The standard InChI is InChI=1S/C14H15N3/c1-9-5-6-10-11-4-3-7-17(2)13(11)14(15)16-12(10)8-9/h3-6,8H,7H2,1-2H3,(H2,15,16). The third-order valence-corrected chi connectivity index (χ3v) is 3.23. The summed E-state index contributed by atoms with van der Waals surface area (Å²) >= 11 is 0. The zero-order valence-corrected chi connectivity index (χ0v) is 10.1. The van der Waals surface area contributed by atoms with Crippen LogP contribution in [0.15, 0.2) is 24.3 Å². The van der Waals surface area contributed by atoms with E-state index in [4.69, 9.17) is 5.73 Å². The van der Waals surface area contributed by atoms with E-state index in [1.807, 2.05) is 7.05 Å². The molecule has 0 atom stereocenters. The summed E-state index contributed by atoms with van der Waals surface area (Å²) in [5, 5.41) is 1.17. The molecule has 0 spiro atoms. The molecule has 0 saturated carbocycles. The van der Waals surface area contributed by atoms with Crippen molar-refractivity contribution < 1.29 is 0 Å². The highest BCUT2D eigenvalue weighted by atomic mass is 15.1. The fraction of sp³-hybridized carbons (Fsp3) is 0.214. The van der Waals surface area contributed by atoms with Gasteiger partial charge in [-0.2, -0.15) is 0 Å². The molecule has 0 aliphatic carbocycles. The van der Waals surface area contributed by atoms with Crippen LogP contribution in [0.4, 0.5) is 11.5 Å². The van der Waals surface area contributed by atoms with Crippen LogP contribution in [0.5, 0.6) is 0 Å². The predicted molar refractivity (Wildman–Crippen MR) is 73.2 cm³/mol. The third-order valence-electron chi connectivity index (χ3n) is 3.23. The van der Waals surface area contributed by atoms with Crippen LogP contribution in [0.2, 0.25) is 0 Å². The van der Waals surface area contributed by atoms with Gasteiger partial charge in [0.25, 0.3) is 0 Å². The molecule has 0 bridgehead atoms. The van der Waals surface area contributed by atoms with Gasteiger partial charge in [-0.25, -0.2) is 4.98 Å². The molecular weight excluding hydrogens is 210 g/mol. The number of pyridine rings is 1. The molecule has 1 aliphatic heterocycles. The molecule has 86 valence electrons. The lowest BCUT2D eigenvalue weighted by atomic mass is 10.0. The number of hydrogen-bond donors (Lipinski definition) is 1. The molecule has 0 amide bonds. The van der Waals surface area contributed by atoms with Crippen LogP contribution in [-0.2, 0) is 0 Å². The van der Waals surface area contributed by atoms with Gasteiger partial charge in [0.2, 0.25) is 0 Å². The molecule has 1 aliphatic rings. The molecule has 0 radical (unpaired) electrons. The van der Waals surface area contributed by atoms with E-state index in [9.17, 15) is 0 Å². The molecule has 3 heteroatoms. The maximum atomic E-state index is 6.06. The smallest absolute Gasteiger partial charge is 0.148 e. The Morgan fingerprint density at radius 3 is 3.00 bits per heavy atom. The molecule has 1 aromatic heterocycles. The maximum Gasteiger partial charge on any atom is 0.148 e. The van der Waals surface area contributed by atoms with Crippen molar-refractivity contribution in [2.45, 2.75) is 6.92 Å². The Kier molecular flexibility index (Phi) is 2.08. The maximum absolute atomic E-state index is 6.06. The van der Waals surface area contributed by atoms with Gasteiger partial charge in [-0.1, -0.05) is 24.3 Å². The minimum absolute atomic E-state index is 0.616. The first-order valence-electron chi connectivity index (χ1n) is 5.74. The van der Waals surface area contributed by atoms with Crippen LogP contribution in [0.25, 0.3) is 17.0 Å². The summed E-state index contributed by atoms with van der Waals surface area (Å²) in [4.78, 5) is 6.64. The summed E-state index contributed by atoms with van der Waals surface area (Å²) in [6.45, 7) is 2.95. The van der Waals surface area contributed by atoms with E-state index in [0.717, 1.165) is 17.7 Å². The van der Waals surface area contributed by atoms with Crippen LogP contribution in [0.1, 0.15) is 11.1 Å². The van der Waals surface area contributed by atoms with Crippen molar-refractivity contribution in [3.05, 3.63) is 35.4 Å². The SMILES string of the molecule is Cc1ccc2c3c(c(N)nc2c1)N(C)CC=C3. The first kappa shape index (κ1) is 10.1. The highest BCUT2D eigenvalue weighted by Gasteiger charge is 2.17. The number of likely N-dealkylation sites (N-methyl/N-ethyl adjacent to an activating group) is 1. The molecule has 0 saturated heterocycles. The molecule has 17 heavy (non-hydrogen) atoms. The number of aryl methyl sites for hydroxylation is 1. The Morgan fingerprint density at radius 1 is 1.35 bits per heavy atom. The van der Waals surface area contributed by atoms with E-state index in [1.165, 1.54) is 16.5 Å². The minimum Gasteiger partial charge on any atom is -0.382 e. The van der Waals surface area contributed by atoms with Crippen molar-refractivity contribution in [3.8, 4) is 0 Å². The first-order valence-corrected chi connectivity index (χ1v) is 5.74. The molecule has 0 unspecified atom stereocenters. The van der Waals surface area contributed by atoms with Gasteiger partial charge in [0.1, 0.15) is 5.82 Å². The van der Waals surface area contributed by atoms with Crippen LogP contribution in [0.3, 0.4) is 0 Å². The topological polar surface area (TPSA) is 42.1 Å². The molecule has 1 aromatic carbocycles.